The van der Waals surface area contributed by atoms with Gasteiger partial charge in [-0.05, 0) is 32.6 Å². The minimum Gasteiger partial charge on any atom is -0.381 e. The Labute approximate surface area is 115 Å². The minimum absolute atomic E-state index is 0.810. The lowest BCUT2D eigenvalue weighted by Crippen LogP contribution is -2.12. The van der Waals surface area contributed by atoms with Crippen LogP contribution in [-0.2, 0) is 20.1 Å². The van der Waals surface area contributed by atoms with Crippen LogP contribution in [0.15, 0.2) is 30.5 Å². The Morgan fingerprint density at radius 2 is 1.95 bits per heavy atom. The Balaban J connectivity index is 2.09. The maximum Gasteiger partial charge on any atom is 0.0643 e. The number of hydrogen-bond acceptors (Lipinski definition) is 3. The van der Waals surface area contributed by atoms with Gasteiger partial charge in [0, 0.05) is 37.6 Å². The van der Waals surface area contributed by atoms with E-state index in [0.717, 1.165) is 18.8 Å². The van der Waals surface area contributed by atoms with Crippen LogP contribution in [0.1, 0.15) is 16.8 Å². The number of nitrogens with one attached hydrogen (secondary N) is 1. The molecule has 0 atom stereocenters. The Kier molecular flexibility index (Phi) is 4.22. The Hall–Kier alpha value is -1.81. The molecule has 4 nitrogen and oxygen atoms in total. The quantitative estimate of drug-likeness (QED) is 0.894. The molecule has 0 bridgehead atoms. The second-order valence-corrected chi connectivity index (χ2v) is 5.16. The molecule has 1 aromatic carbocycles. The molecule has 102 valence electrons. The maximum absolute atomic E-state index is 4.36. The predicted molar refractivity (Wildman–Crippen MR) is 79.1 cm³/mol. The first-order valence-corrected chi connectivity index (χ1v) is 6.52. The summed E-state index contributed by atoms with van der Waals surface area (Å²) in [5.41, 5.74) is 4.83. The monoisotopic (exact) mass is 258 g/mol. The minimum atomic E-state index is 0.810. The molecule has 2 rings (SSSR count). The average Bonchev–Trinajstić information content (AvgIpc) is 2.66. The van der Waals surface area contributed by atoms with E-state index >= 15 is 0 Å². The summed E-state index contributed by atoms with van der Waals surface area (Å²) in [6.45, 7) is 3.79. The van der Waals surface area contributed by atoms with Crippen molar-refractivity contribution in [1.82, 2.24) is 14.7 Å². The van der Waals surface area contributed by atoms with Crippen molar-refractivity contribution in [3.63, 3.8) is 0 Å². The number of para-hydroxylation sites is 1. The van der Waals surface area contributed by atoms with Gasteiger partial charge >= 0.3 is 0 Å². The summed E-state index contributed by atoms with van der Waals surface area (Å²) >= 11 is 0. The van der Waals surface area contributed by atoms with Crippen LogP contribution in [0, 0.1) is 6.92 Å². The van der Waals surface area contributed by atoms with E-state index in [1.807, 2.05) is 18.7 Å². The molecular weight excluding hydrogens is 236 g/mol. The first-order chi connectivity index (χ1) is 9.06. The first-order valence-electron chi connectivity index (χ1n) is 6.52. The Bertz CT molecular complexity index is 543. The molecule has 0 amide bonds. The molecule has 0 aliphatic rings. The zero-order chi connectivity index (χ0) is 13.8. The lowest BCUT2D eigenvalue weighted by atomic mass is 10.1. The number of anilines is 1. The average molecular weight is 258 g/mol. The topological polar surface area (TPSA) is 33.1 Å². The normalized spacial score (nSPS) is 11.0. The zero-order valence-electron chi connectivity index (χ0n) is 12.1. The molecule has 0 unspecified atom stereocenters. The molecular formula is C15H22N4. The number of rotatable bonds is 5. The lowest BCUT2D eigenvalue weighted by molar-refractivity contribution is 0.403. The van der Waals surface area contributed by atoms with E-state index in [0.29, 0.717) is 0 Å². The fourth-order valence-corrected chi connectivity index (χ4v) is 2.18. The van der Waals surface area contributed by atoms with Crippen LogP contribution in [0.3, 0.4) is 0 Å². The highest BCUT2D eigenvalue weighted by Crippen LogP contribution is 2.18. The number of nitrogens with zero attached hydrogens (tertiary/aromatic N) is 3. The molecule has 1 heterocycles. The van der Waals surface area contributed by atoms with E-state index in [1.165, 1.54) is 16.8 Å². The van der Waals surface area contributed by atoms with Crippen molar-refractivity contribution >= 4 is 5.69 Å². The molecule has 0 radical (unpaired) electrons. The summed E-state index contributed by atoms with van der Waals surface area (Å²) in [5, 5.41) is 7.87. The van der Waals surface area contributed by atoms with E-state index in [2.05, 4.69) is 59.9 Å². The van der Waals surface area contributed by atoms with Gasteiger partial charge in [0.05, 0.1) is 5.69 Å². The molecule has 0 aliphatic carbocycles. The number of benzene rings is 1. The van der Waals surface area contributed by atoms with Gasteiger partial charge in [0.15, 0.2) is 0 Å². The molecule has 0 fully saturated rings. The largest absolute Gasteiger partial charge is 0.381 e. The van der Waals surface area contributed by atoms with Gasteiger partial charge < -0.3 is 10.2 Å². The summed E-state index contributed by atoms with van der Waals surface area (Å²) in [6, 6.07) is 8.44. The van der Waals surface area contributed by atoms with Gasteiger partial charge in [0.25, 0.3) is 0 Å². The molecule has 0 aliphatic heterocycles. The predicted octanol–water partition coefficient (Wildman–Crippen LogP) is 2.40. The van der Waals surface area contributed by atoms with Crippen molar-refractivity contribution in [1.29, 1.82) is 0 Å². The third-order valence-corrected chi connectivity index (χ3v) is 3.09. The summed E-state index contributed by atoms with van der Waals surface area (Å²) < 4.78 is 1.86. The maximum atomic E-state index is 4.36. The Morgan fingerprint density at radius 1 is 1.21 bits per heavy atom. The van der Waals surface area contributed by atoms with Crippen molar-refractivity contribution < 1.29 is 0 Å². The van der Waals surface area contributed by atoms with E-state index in [9.17, 15) is 0 Å². The second kappa shape index (κ2) is 5.89. The smallest absolute Gasteiger partial charge is 0.0643 e. The molecule has 4 heteroatoms. The number of aromatic nitrogens is 2. The van der Waals surface area contributed by atoms with Crippen molar-refractivity contribution in [3.8, 4) is 0 Å². The highest BCUT2D eigenvalue weighted by molar-refractivity contribution is 5.51. The van der Waals surface area contributed by atoms with Crippen LogP contribution in [0.5, 0.6) is 0 Å². The molecule has 19 heavy (non-hydrogen) atoms. The van der Waals surface area contributed by atoms with Crippen LogP contribution in [0.2, 0.25) is 0 Å². The number of aryl methyl sites for hydroxylation is 2. The summed E-state index contributed by atoms with van der Waals surface area (Å²) in [5.74, 6) is 0. The zero-order valence-corrected chi connectivity index (χ0v) is 12.1. The van der Waals surface area contributed by atoms with E-state index in [-0.39, 0.29) is 0 Å². The van der Waals surface area contributed by atoms with Gasteiger partial charge in [0.2, 0.25) is 0 Å². The van der Waals surface area contributed by atoms with Crippen molar-refractivity contribution in [2.45, 2.75) is 20.0 Å². The van der Waals surface area contributed by atoms with Crippen molar-refractivity contribution in [3.05, 3.63) is 47.3 Å². The van der Waals surface area contributed by atoms with Crippen LogP contribution in [0.25, 0.3) is 0 Å². The molecule has 1 aromatic heterocycles. The van der Waals surface area contributed by atoms with E-state index in [1.54, 1.807) is 0 Å². The molecule has 2 aromatic rings. The lowest BCUT2D eigenvalue weighted by Gasteiger charge is -2.15. The second-order valence-electron chi connectivity index (χ2n) is 5.16. The third-order valence-electron chi connectivity index (χ3n) is 3.09. The fraction of sp³-hybridized carbons (Fsp3) is 0.400. The van der Waals surface area contributed by atoms with Gasteiger partial charge in [0.1, 0.15) is 0 Å². The number of hydrogen-bond donors (Lipinski definition) is 1. The SMILES string of the molecule is Cc1nn(C)cc1CNc1ccccc1CN(C)C. The highest BCUT2D eigenvalue weighted by Gasteiger charge is 2.05. The van der Waals surface area contributed by atoms with Crippen LogP contribution in [0.4, 0.5) is 5.69 Å². The summed E-state index contributed by atoms with van der Waals surface area (Å²) in [6.07, 6.45) is 2.07. The van der Waals surface area contributed by atoms with Crippen LogP contribution >= 0.6 is 0 Å². The van der Waals surface area contributed by atoms with Crippen LogP contribution in [-0.4, -0.2) is 28.8 Å². The fourth-order valence-electron chi connectivity index (χ4n) is 2.18. The highest BCUT2D eigenvalue weighted by atomic mass is 15.2. The molecule has 0 saturated heterocycles. The van der Waals surface area contributed by atoms with Crippen LogP contribution < -0.4 is 5.32 Å². The van der Waals surface area contributed by atoms with Gasteiger partial charge in [-0.2, -0.15) is 5.10 Å². The molecule has 1 N–H and O–H groups in total. The molecule has 0 spiro atoms. The van der Waals surface area contributed by atoms with Crippen molar-refractivity contribution in [2.24, 2.45) is 7.05 Å². The third kappa shape index (κ3) is 3.58. The van der Waals surface area contributed by atoms with Gasteiger partial charge in [-0.1, -0.05) is 18.2 Å². The van der Waals surface area contributed by atoms with E-state index in [4.69, 9.17) is 0 Å². The Morgan fingerprint density at radius 3 is 2.58 bits per heavy atom. The van der Waals surface area contributed by atoms with Crippen molar-refractivity contribution in [2.75, 3.05) is 19.4 Å². The summed E-state index contributed by atoms with van der Waals surface area (Å²) in [4.78, 5) is 2.18. The van der Waals surface area contributed by atoms with Gasteiger partial charge in [-0.3, -0.25) is 4.68 Å². The molecule has 0 saturated carbocycles. The van der Waals surface area contributed by atoms with Gasteiger partial charge in [-0.15, -0.1) is 0 Å². The van der Waals surface area contributed by atoms with Gasteiger partial charge in [-0.25, -0.2) is 0 Å². The van der Waals surface area contributed by atoms with E-state index < -0.39 is 0 Å². The first kappa shape index (κ1) is 13.6. The summed E-state index contributed by atoms with van der Waals surface area (Å²) in [7, 11) is 6.13. The standard InChI is InChI=1S/C15H22N4/c1-12-14(11-19(4)17-12)9-16-15-8-6-5-7-13(15)10-18(2)3/h5-8,11,16H,9-10H2,1-4H3.